The summed E-state index contributed by atoms with van der Waals surface area (Å²) in [5, 5.41) is 3.30. The third-order valence-corrected chi connectivity index (χ3v) is 3.48. The Labute approximate surface area is 110 Å². The van der Waals surface area contributed by atoms with Crippen molar-refractivity contribution in [3.05, 3.63) is 33.8 Å². The molecule has 0 heterocycles. The molecule has 1 aromatic rings. The lowest BCUT2D eigenvalue weighted by molar-refractivity contribution is 0.466. The van der Waals surface area contributed by atoms with Crippen LogP contribution in [-0.4, -0.2) is 12.6 Å². The Morgan fingerprint density at radius 1 is 1.29 bits per heavy atom. The van der Waals surface area contributed by atoms with Gasteiger partial charge in [-0.05, 0) is 53.9 Å². The van der Waals surface area contributed by atoms with Crippen molar-refractivity contribution < 1.29 is 8.78 Å². The van der Waals surface area contributed by atoms with Crippen molar-refractivity contribution in [2.24, 2.45) is 0 Å². The molecule has 4 heteroatoms. The minimum Gasteiger partial charge on any atom is -0.314 e. The Morgan fingerprint density at radius 3 is 2.59 bits per heavy atom. The van der Waals surface area contributed by atoms with Crippen LogP contribution in [0.5, 0.6) is 0 Å². The fourth-order valence-electron chi connectivity index (χ4n) is 1.86. The lowest BCUT2D eigenvalue weighted by atomic mass is 10.0. The van der Waals surface area contributed by atoms with Gasteiger partial charge in [0.25, 0.3) is 0 Å². The second-order valence-electron chi connectivity index (χ2n) is 4.02. The third-order valence-electron chi connectivity index (χ3n) is 2.87. The van der Waals surface area contributed by atoms with E-state index in [-0.39, 0.29) is 5.56 Å². The van der Waals surface area contributed by atoms with E-state index in [2.05, 4.69) is 28.2 Å². The number of rotatable bonds is 6. The van der Waals surface area contributed by atoms with E-state index in [1.54, 1.807) is 0 Å². The first-order chi connectivity index (χ1) is 8.10. The maximum Gasteiger partial charge on any atom is 0.143 e. The molecule has 96 valence electrons. The summed E-state index contributed by atoms with van der Waals surface area (Å²) in [5.74, 6) is -0.937. The van der Waals surface area contributed by atoms with Crippen molar-refractivity contribution in [2.45, 2.75) is 39.2 Å². The summed E-state index contributed by atoms with van der Waals surface area (Å²) < 4.78 is 27.5. The molecule has 0 fully saturated rings. The maximum absolute atomic E-state index is 13.7. The first-order valence-corrected chi connectivity index (χ1v) is 6.75. The summed E-state index contributed by atoms with van der Waals surface area (Å²) in [5.41, 5.74) is 0.177. The van der Waals surface area contributed by atoms with E-state index in [4.69, 9.17) is 0 Å². The van der Waals surface area contributed by atoms with Crippen molar-refractivity contribution in [3.8, 4) is 0 Å². The van der Waals surface area contributed by atoms with E-state index in [0.717, 1.165) is 19.4 Å². The van der Waals surface area contributed by atoms with Crippen LogP contribution < -0.4 is 5.32 Å². The lowest BCUT2D eigenvalue weighted by Gasteiger charge is -2.16. The van der Waals surface area contributed by atoms with Gasteiger partial charge in [-0.25, -0.2) is 8.78 Å². The van der Waals surface area contributed by atoms with Crippen molar-refractivity contribution >= 4 is 15.9 Å². The minimum atomic E-state index is -0.476. The van der Waals surface area contributed by atoms with Crippen LogP contribution in [0, 0.1) is 11.6 Å². The Balaban J connectivity index is 2.71. The number of halogens is 3. The van der Waals surface area contributed by atoms with Crippen molar-refractivity contribution in [1.29, 1.82) is 0 Å². The number of nitrogens with one attached hydrogen (secondary N) is 1. The molecule has 0 aliphatic rings. The van der Waals surface area contributed by atoms with E-state index < -0.39 is 11.6 Å². The summed E-state index contributed by atoms with van der Waals surface area (Å²) in [6.45, 7) is 4.98. The Morgan fingerprint density at radius 2 is 2.00 bits per heavy atom. The molecular weight excluding hydrogens is 288 g/mol. The highest BCUT2D eigenvalue weighted by Gasteiger charge is 2.14. The molecule has 1 N–H and O–H groups in total. The van der Waals surface area contributed by atoms with E-state index in [1.165, 1.54) is 12.1 Å². The average molecular weight is 306 g/mol. The van der Waals surface area contributed by atoms with Crippen LogP contribution in [0.4, 0.5) is 8.78 Å². The molecule has 1 unspecified atom stereocenters. The molecule has 1 atom stereocenters. The Bertz CT molecular complexity index is 369. The van der Waals surface area contributed by atoms with Gasteiger partial charge in [0.2, 0.25) is 0 Å². The minimum absolute atomic E-state index is 0.177. The fourth-order valence-corrected chi connectivity index (χ4v) is 2.23. The standard InChI is InChI=1S/C13H18BrF2N/c1-3-9(17-4-2)5-6-10-12(15)8-7-11(14)13(10)16/h7-9,17H,3-6H2,1-2H3. The molecule has 0 aliphatic carbocycles. The summed E-state index contributed by atoms with van der Waals surface area (Å²) >= 11 is 3.08. The van der Waals surface area contributed by atoms with Crippen LogP contribution in [0.1, 0.15) is 32.3 Å². The Hall–Kier alpha value is -0.480. The quantitative estimate of drug-likeness (QED) is 0.782. The van der Waals surface area contributed by atoms with Crippen LogP contribution in [0.15, 0.2) is 16.6 Å². The smallest absolute Gasteiger partial charge is 0.143 e. The van der Waals surface area contributed by atoms with Crippen LogP contribution in [-0.2, 0) is 6.42 Å². The molecule has 1 nitrogen and oxygen atoms in total. The van der Waals surface area contributed by atoms with Crippen LogP contribution >= 0.6 is 15.9 Å². The van der Waals surface area contributed by atoms with Gasteiger partial charge in [0.15, 0.2) is 0 Å². The van der Waals surface area contributed by atoms with Crippen molar-refractivity contribution in [1.82, 2.24) is 5.32 Å². The molecule has 0 aromatic heterocycles. The highest BCUT2D eigenvalue weighted by molar-refractivity contribution is 9.10. The van der Waals surface area contributed by atoms with Gasteiger partial charge in [0.05, 0.1) is 4.47 Å². The van der Waals surface area contributed by atoms with E-state index in [0.29, 0.717) is 16.9 Å². The first-order valence-electron chi connectivity index (χ1n) is 5.95. The van der Waals surface area contributed by atoms with Crippen LogP contribution in [0.25, 0.3) is 0 Å². The Kier molecular flexibility index (Phi) is 6.06. The van der Waals surface area contributed by atoms with Crippen LogP contribution in [0.2, 0.25) is 0 Å². The third kappa shape index (κ3) is 4.03. The summed E-state index contributed by atoms with van der Waals surface area (Å²) in [4.78, 5) is 0. The van der Waals surface area contributed by atoms with Gasteiger partial charge < -0.3 is 5.32 Å². The second kappa shape index (κ2) is 7.07. The molecule has 0 saturated carbocycles. The SMILES string of the molecule is CCNC(CC)CCc1c(F)ccc(Br)c1F. The summed E-state index contributed by atoms with van der Waals surface area (Å²) in [6, 6.07) is 3.02. The molecule has 0 saturated heterocycles. The zero-order valence-corrected chi connectivity index (χ0v) is 11.8. The van der Waals surface area contributed by atoms with E-state index in [9.17, 15) is 8.78 Å². The predicted octanol–water partition coefficient (Wildman–Crippen LogP) is 4.05. The zero-order valence-electron chi connectivity index (χ0n) is 10.2. The molecule has 1 aromatic carbocycles. The van der Waals surface area contributed by atoms with Crippen molar-refractivity contribution in [3.63, 3.8) is 0 Å². The van der Waals surface area contributed by atoms with E-state index in [1.807, 2.05) is 6.92 Å². The molecule has 1 rings (SSSR count). The second-order valence-corrected chi connectivity index (χ2v) is 4.88. The zero-order chi connectivity index (χ0) is 12.8. The average Bonchev–Trinajstić information content (AvgIpc) is 2.32. The molecule has 0 spiro atoms. The number of hydrogen-bond donors (Lipinski definition) is 1. The predicted molar refractivity (Wildman–Crippen MR) is 70.1 cm³/mol. The van der Waals surface area contributed by atoms with Gasteiger partial charge in [-0.2, -0.15) is 0 Å². The summed E-state index contributed by atoms with van der Waals surface area (Å²) in [6.07, 6.45) is 2.13. The van der Waals surface area contributed by atoms with Crippen LogP contribution in [0.3, 0.4) is 0 Å². The highest BCUT2D eigenvalue weighted by atomic mass is 79.9. The van der Waals surface area contributed by atoms with Gasteiger partial charge in [-0.15, -0.1) is 0 Å². The number of hydrogen-bond acceptors (Lipinski definition) is 1. The summed E-state index contributed by atoms with van der Waals surface area (Å²) in [7, 11) is 0. The first kappa shape index (κ1) is 14.6. The van der Waals surface area contributed by atoms with Gasteiger partial charge in [-0.3, -0.25) is 0 Å². The van der Waals surface area contributed by atoms with Gasteiger partial charge in [-0.1, -0.05) is 13.8 Å². The van der Waals surface area contributed by atoms with Crippen molar-refractivity contribution in [2.75, 3.05) is 6.54 Å². The van der Waals surface area contributed by atoms with Gasteiger partial charge >= 0.3 is 0 Å². The highest BCUT2D eigenvalue weighted by Crippen LogP contribution is 2.23. The van der Waals surface area contributed by atoms with E-state index >= 15 is 0 Å². The van der Waals surface area contributed by atoms with Gasteiger partial charge in [0.1, 0.15) is 11.6 Å². The molecular formula is C13H18BrF2N. The normalized spacial score (nSPS) is 12.8. The molecule has 17 heavy (non-hydrogen) atoms. The lowest BCUT2D eigenvalue weighted by Crippen LogP contribution is -2.28. The van der Waals surface area contributed by atoms with Gasteiger partial charge in [0, 0.05) is 11.6 Å². The molecule has 0 bridgehead atoms. The largest absolute Gasteiger partial charge is 0.314 e. The fraction of sp³-hybridized carbons (Fsp3) is 0.538. The number of benzene rings is 1. The molecule has 0 aliphatic heterocycles. The molecule has 0 amide bonds. The monoisotopic (exact) mass is 305 g/mol. The maximum atomic E-state index is 13.7. The molecule has 0 radical (unpaired) electrons. The topological polar surface area (TPSA) is 12.0 Å².